The summed E-state index contributed by atoms with van der Waals surface area (Å²) in [5, 5.41) is 1.05. The quantitative estimate of drug-likeness (QED) is 0.719. The van der Waals surface area contributed by atoms with E-state index in [1.165, 1.54) is 0 Å². The molecule has 13 heavy (non-hydrogen) atoms. The van der Waals surface area contributed by atoms with Gasteiger partial charge in [0.15, 0.2) is 0 Å². The van der Waals surface area contributed by atoms with Crippen molar-refractivity contribution in [1.82, 2.24) is 4.98 Å². The van der Waals surface area contributed by atoms with Crippen LogP contribution in [0.2, 0.25) is 0 Å². The fourth-order valence-corrected chi connectivity index (χ4v) is 1.17. The molecule has 1 heterocycles. The summed E-state index contributed by atoms with van der Waals surface area (Å²) in [6.07, 6.45) is 1.75. The number of fused-ring (bicyclic) bond motifs is 1. The Morgan fingerprint density at radius 1 is 1.38 bits per heavy atom. The minimum absolute atomic E-state index is 0. The fourth-order valence-electron chi connectivity index (χ4n) is 1.17. The Morgan fingerprint density at radius 3 is 3.00 bits per heavy atom. The topological polar surface area (TPSA) is 22.1 Å². The van der Waals surface area contributed by atoms with E-state index in [2.05, 4.69) is 11.1 Å². The Labute approximate surface area is 102 Å². The van der Waals surface area contributed by atoms with E-state index in [0.29, 0.717) is 0 Å². The molecule has 0 bridgehead atoms. The SMILES string of the molecule is COc1c[c-]cc2cccnc12.[Y]. The first-order valence-electron chi connectivity index (χ1n) is 3.70. The molecule has 0 spiro atoms. The van der Waals surface area contributed by atoms with Crippen molar-refractivity contribution in [1.29, 1.82) is 0 Å². The summed E-state index contributed by atoms with van der Waals surface area (Å²) in [6, 6.07) is 10.6. The third-order valence-corrected chi connectivity index (χ3v) is 1.75. The Bertz CT molecular complexity index is 398. The molecule has 63 valence electrons. The van der Waals surface area contributed by atoms with Gasteiger partial charge in [0, 0.05) is 50.2 Å². The number of methoxy groups -OCH3 is 1. The van der Waals surface area contributed by atoms with Crippen molar-refractivity contribution in [2.45, 2.75) is 0 Å². The molecule has 0 aliphatic rings. The summed E-state index contributed by atoms with van der Waals surface area (Å²) in [6.45, 7) is 0. The normalized spacial score (nSPS) is 9.31. The zero-order chi connectivity index (χ0) is 8.39. The van der Waals surface area contributed by atoms with Crippen molar-refractivity contribution in [3.05, 3.63) is 36.5 Å². The average molecular weight is 247 g/mol. The first kappa shape index (κ1) is 10.6. The molecule has 0 unspecified atom stereocenters. The second-order valence-corrected chi connectivity index (χ2v) is 2.46. The predicted octanol–water partition coefficient (Wildman–Crippen LogP) is 2.04. The molecule has 3 heteroatoms. The van der Waals surface area contributed by atoms with E-state index in [0.717, 1.165) is 16.7 Å². The average Bonchev–Trinajstić information content (AvgIpc) is 2.17. The van der Waals surface area contributed by atoms with Gasteiger partial charge in [-0.05, 0) is 0 Å². The van der Waals surface area contributed by atoms with Gasteiger partial charge >= 0.3 is 0 Å². The summed E-state index contributed by atoms with van der Waals surface area (Å²) < 4.78 is 5.13. The van der Waals surface area contributed by atoms with Crippen molar-refractivity contribution < 1.29 is 37.4 Å². The first-order valence-corrected chi connectivity index (χ1v) is 3.70. The summed E-state index contributed by atoms with van der Waals surface area (Å²) in [4.78, 5) is 4.21. The molecule has 0 aliphatic carbocycles. The minimum atomic E-state index is 0. The standard InChI is InChI=1S/C10H8NO.Y/c1-12-9-6-2-4-8-5-3-7-11-10(8)9;/h3-7H,1H3;/q-1;. The van der Waals surface area contributed by atoms with Crippen LogP contribution in [0, 0.1) is 6.07 Å². The second-order valence-electron chi connectivity index (χ2n) is 2.46. The van der Waals surface area contributed by atoms with Gasteiger partial charge in [-0.2, -0.15) is 12.1 Å². The number of ether oxygens (including phenoxy) is 1. The Morgan fingerprint density at radius 2 is 2.23 bits per heavy atom. The van der Waals surface area contributed by atoms with Crippen LogP contribution in [0.1, 0.15) is 0 Å². The van der Waals surface area contributed by atoms with Gasteiger partial charge in [-0.15, -0.1) is 17.5 Å². The van der Waals surface area contributed by atoms with Crippen LogP contribution in [0.15, 0.2) is 30.5 Å². The van der Waals surface area contributed by atoms with Crippen LogP contribution in [0.4, 0.5) is 0 Å². The molecule has 2 aromatic rings. The van der Waals surface area contributed by atoms with E-state index >= 15 is 0 Å². The van der Waals surface area contributed by atoms with Crippen LogP contribution in [0.25, 0.3) is 10.9 Å². The van der Waals surface area contributed by atoms with Crippen molar-refractivity contribution in [2.24, 2.45) is 0 Å². The monoisotopic (exact) mass is 247 g/mol. The van der Waals surface area contributed by atoms with E-state index in [1.807, 2.05) is 18.2 Å². The van der Waals surface area contributed by atoms with Crippen LogP contribution in [0.3, 0.4) is 0 Å². The molecule has 0 saturated carbocycles. The number of nitrogens with zero attached hydrogens (tertiary/aromatic N) is 1. The molecule has 0 N–H and O–H groups in total. The van der Waals surface area contributed by atoms with Gasteiger partial charge in [0.1, 0.15) is 0 Å². The van der Waals surface area contributed by atoms with Gasteiger partial charge < -0.3 is 4.74 Å². The third kappa shape index (κ3) is 2.06. The summed E-state index contributed by atoms with van der Waals surface area (Å²) >= 11 is 0. The summed E-state index contributed by atoms with van der Waals surface area (Å²) in [5.41, 5.74) is 0.888. The maximum atomic E-state index is 5.13. The first-order chi connectivity index (χ1) is 5.92. The molecule has 1 aromatic heterocycles. The smallest absolute Gasteiger partial charge is 0.0607 e. The zero-order valence-electron chi connectivity index (χ0n) is 7.32. The van der Waals surface area contributed by atoms with Crippen molar-refractivity contribution in [3.63, 3.8) is 0 Å². The number of benzene rings is 1. The minimum Gasteiger partial charge on any atom is -0.552 e. The molecule has 2 nitrogen and oxygen atoms in total. The summed E-state index contributed by atoms with van der Waals surface area (Å²) in [7, 11) is 1.64. The van der Waals surface area contributed by atoms with Crippen molar-refractivity contribution >= 4 is 10.9 Å². The Kier molecular flexibility index (Phi) is 3.82. The number of rotatable bonds is 1. The molecule has 0 aliphatic heterocycles. The third-order valence-electron chi connectivity index (χ3n) is 1.75. The van der Waals surface area contributed by atoms with E-state index in [9.17, 15) is 0 Å². The maximum Gasteiger partial charge on any atom is 0.0607 e. The van der Waals surface area contributed by atoms with Gasteiger partial charge in [-0.25, -0.2) is 0 Å². The van der Waals surface area contributed by atoms with E-state index in [-0.39, 0.29) is 32.7 Å². The predicted molar refractivity (Wildman–Crippen MR) is 47.1 cm³/mol. The maximum absolute atomic E-state index is 5.13. The van der Waals surface area contributed by atoms with Crippen LogP contribution in [-0.2, 0) is 32.7 Å². The van der Waals surface area contributed by atoms with E-state index in [4.69, 9.17) is 4.74 Å². The Hall–Kier alpha value is -0.466. The molecule has 0 fully saturated rings. The van der Waals surface area contributed by atoms with Crippen LogP contribution in [-0.4, -0.2) is 12.1 Å². The fraction of sp³-hybridized carbons (Fsp3) is 0.100. The molecular formula is C10H8NOY-. The zero-order valence-corrected chi connectivity index (χ0v) is 10.2. The number of aromatic nitrogens is 1. The molecular weight excluding hydrogens is 239 g/mol. The number of hydrogen-bond acceptors (Lipinski definition) is 2. The van der Waals surface area contributed by atoms with Gasteiger partial charge in [-0.3, -0.25) is 4.98 Å². The van der Waals surface area contributed by atoms with Gasteiger partial charge in [0.05, 0.1) is 7.11 Å². The largest absolute Gasteiger partial charge is 0.552 e. The summed E-state index contributed by atoms with van der Waals surface area (Å²) in [5.74, 6) is 0.771. The van der Waals surface area contributed by atoms with Gasteiger partial charge in [-0.1, -0.05) is 6.07 Å². The van der Waals surface area contributed by atoms with Crippen molar-refractivity contribution in [3.8, 4) is 5.75 Å². The molecule has 2 rings (SSSR count). The van der Waals surface area contributed by atoms with Crippen LogP contribution < -0.4 is 4.74 Å². The second kappa shape index (κ2) is 4.68. The van der Waals surface area contributed by atoms with Crippen molar-refractivity contribution in [2.75, 3.05) is 7.11 Å². The molecule has 1 radical (unpaired) electrons. The van der Waals surface area contributed by atoms with Crippen LogP contribution in [0.5, 0.6) is 5.75 Å². The van der Waals surface area contributed by atoms with Gasteiger partial charge in [0.2, 0.25) is 0 Å². The molecule has 0 amide bonds. The Balaban J connectivity index is 0.000000845. The van der Waals surface area contributed by atoms with Crippen LogP contribution >= 0.6 is 0 Å². The number of pyridine rings is 1. The molecule has 0 atom stereocenters. The molecule has 1 aromatic carbocycles. The van der Waals surface area contributed by atoms with E-state index in [1.54, 1.807) is 19.4 Å². The molecule has 0 saturated heterocycles. The van der Waals surface area contributed by atoms with E-state index < -0.39 is 0 Å². The number of hydrogen-bond donors (Lipinski definition) is 0. The van der Waals surface area contributed by atoms with Gasteiger partial charge in [0.25, 0.3) is 0 Å².